The Balaban J connectivity index is 2.42. The Labute approximate surface area is 118 Å². The van der Waals surface area contributed by atoms with Gasteiger partial charge in [0.1, 0.15) is 5.75 Å². The highest BCUT2D eigenvalue weighted by molar-refractivity contribution is 9.10. The van der Waals surface area contributed by atoms with Crippen molar-refractivity contribution in [3.8, 4) is 5.75 Å². The normalized spacial score (nSPS) is 10.4. The molecule has 0 bridgehead atoms. The number of methoxy groups -OCH3 is 1. The topological polar surface area (TPSA) is 31.2 Å². The molecule has 1 aromatic carbocycles. The van der Waals surface area contributed by atoms with Crippen molar-refractivity contribution < 1.29 is 4.74 Å². The molecule has 2 rings (SSSR count). The molecule has 5 heteroatoms. The summed E-state index contributed by atoms with van der Waals surface area (Å²) in [6, 6.07) is 8.58. The summed E-state index contributed by atoms with van der Waals surface area (Å²) in [4.78, 5) is 11.7. The highest BCUT2D eigenvalue weighted by Gasteiger charge is 2.06. The van der Waals surface area contributed by atoms with E-state index in [1.54, 1.807) is 42.1 Å². The minimum Gasteiger partial charge on any atom is -0.496 e. The lowest BCUT2D eigenvalue weighted by atomic mass is 10.2. The Bertz CT molecular complexity index is 625. The lowest BCUT2D eigenvalue weighted by Gasteiger charge is -2.11. The first kappa shape index (κ1) is 13.2. The third-order valence-electron chi connectivity index (χ3n) is 2.53. The molecule has 3 nitrogen and oxygen atoms in total. The monoisotopic (exact) mass is 327 g/mol. The van der Waals surface area contributed by atoms with Gasteiger partial charge in [-0.05, 0) is 40.2 Å². The fourth-order valence-corrected chi connectivity index (χ4v) is 2.25. The van der Waals surface area contributed by atoms with E-state index < -0.39 is 0 Å². The number of benzene rings is 1. The lowest BCUT2D eigenvalue weighted by molar-refractivity contribution is 0.408. The first-order valence-electron chi connectivity index (χ1n) is 5.28. The van der Waals surface area contributed by atoms with Crippen LogP contribution in [0.5, 0.6) is 5.75 Å². The molecule has 94 valence electrons. The van der Waals surface area contributed by atoms with Gasteiger partial charge in [-0.2, -0.15) is 0 Å². The summed E-state index contributed by atoms with van der Waals surface area (Å²) in [6.45, 7) is 0.419. The zero-order valence-electron chi connectivity index (χ0n) is 9.69. The average molecular weight is 329 g/mol. The minimum absolute atomic E-state index is 0.0692. The number of rotatable bonds is 3. The van der Waals surface area contributed by atoms with E-state index in [4.69, 9.17) is 16.3 Å². The second kappa shape index (κ2) is 5.59. The van der Waals surface area contributed by atoms with Crippen molar-refractivity contribution >= 4 is 27.5 Å². The number of hydrogen-bond donors (Lipinski definition) is 0. The Kier molecular flexibility index (Phi) is 4.09. The Morgan fingerprint density at radius 1 is 1.33 bits per heavy atom. The average Bonchev–Trinajstić information content (AvgIpc) is 2.34. The second-order valence-electron chi connectivity index (χ2n) is 3.77. The molecule has 0 aliphatic rings. The van der Waals surface area contributed by atoms with Crippen LogP contribution in [0.25, 0.3) is 0 Å². The maximum Gasteiger partial charge on any atom is 0.250 e. The molecule has 1 heterocycles. The van der Waals surface area contributed by atoms with Crippen LogP contribution in [0.4, 0.5) is 0 Å². The van der Waals surface area contributed by atoms with Gasteiger partial charge in [-0.15, -0.1) is 0 Å². The van der Waals surface area contributed by atoms with E-state index in [9.17, 15) is 4.79 Å². The maximum absolute atomic E-state index is 11.7. The standard InChI is InChI=1S/C13H11BrClNO2/c1-18-12-4-3-11(15)6-9(12)7-16-8-10(14)2-5-13(16)17/h2-6,8H,7H2,1H3. The van der Waals surface area contributed by atoms with Crippen LogP contribution in [0.1, 0.15) is 5.56 Å². The summed E-state index contributed by atoms with van der Waals surface area (Å²) < 4.78 is 7.70. The van der Waals surface area contributed by atoms with Crippen LogP contribution in [0.15, 0.2) is 45.8 Å². The van der Waals surface area contributed by atoms with Gasteiger partial charge in [-0.1, -0.05) is 11.6 Å². The molecule has 18 heavy (non-hydrogen) atoms. The molecule has 0 saturated carbocycles. The lowest BCUT2D eigenvalue weighted by Crippen LogP contribution is -2.19. The third-order valence-corrected chi connectivity index (χ3v) is 3.23. The first-order chi connectivity index (χ1) is 8.60. The number of aromatic nitrogens is 1. The summed E-state index contributed by atoms with van der Waals surface area (Å²) in [5.74, 6) is 0.714. The molecule has 0 amide bonds. The fourth-order valence-electron chi connectivity index (χ4n) is 1.68. The van der Waals surface area contributed by atoms with Crippen molar-refractivity contribution in [3.05, 3.63) is 61.9 Å². The smallest absolute Gasteiger partial charge is 0.250 e. The predicted molar refractivity (Wildman–Crippen MR) is 75.5 cm³/mol. The molecule has 0 unspecified atom stereocenters. The van der Waals surface area contributed by atoms with E-state index in [0.717, 1.165) is 10.0 Å². The summed E-state index contributed by atoms with van der Waals surface area (Å²) in [5, 5.41) is 0.619. The van der Waals surface area contributed by atoms with Gasteiger partial charge in [0, 0.05) is 27.3 Å². The van der Waals surface area contributed by atoms with Gasteiger partial charge >= 0.3 is 0 Å². The molecule has 0 aliphatic heterocycles. The van der Waals surface area contributed by atoms with Crippen molar-refractivity contribution in [2.24, 2.45) is 0 Å². The second-order valence-corrected chi connectivity index (χ2v) is 5.12. The van der Waals surface area contributed by atoms with Crippen molar-refractivity contribution in [1.29, 1.82) is 0 Å². The summed E-state index contributed by atoms with van der Waals surface area (Å²) >= 11 is 9.30. The summed E-state index contributed by atoms with van der Waals surface area (Å²) in [7, 11) is 1.59. The Hall–Kier alpha value is -1.26. The van der Waals surface area contributed by atoms with Gasteiger partial charge in [0.25, 0.3) is 5.56 Å². The Morgan fingerprint density at radius 2 is 2.11 bits per heavy atom. The molecule has 2 aromatic rings. The van der Waals surface area contributed by atoms with Gasteiger partial charge < -0.3 is 9.30 Å². The third kappa shape index (κ3) is 2.94. The largest absolute Gasteiger partial charge is 0.496 e. The van der Waals surface area contributed by atoms with Crippen molar-refractivity contribution in [2.75, 3.05) is 7.11 Å². The maximum atomic E-state index is 11.7. The van der Waals surface area contributed by atoms with E-state index in [2.05, 4.69) is 15.9 Å². The van der Waals surface area contributed by atoms with Crippen LogP contribution in [-0.2, 0) is 6.54 Å². The predicted octanol–water partition coefficient (Wildman–Crippen LogP) is 3.32. The molecular formula is C13H11BrClNO2. The molecular weight excluding hydrogens is 318 g/mol. The first-order valence-corrected chi connectivity index (χ1v) is 6.45. The van der Waals surface area contributed by atoms with Gasteiger partial charge in [0.2, 0.25) is 0 Å². The Morgan fingerprint density at radius 3 is 2.83 bits per heavy atom. The molecule has 0 fully saturated rings. The van der Waals surface area contributed by atoms with Gasteiger partial charge in [0.05, 0.1) is 13.7 Å². The van der Waals surface area contributed by atoms with E-state index in [1.807, 2.05) is 0 Å². The molecule has 0 aliphatic carbocycles. The molecule has 0 spiro atoms. The van der Waals surface area contributed by atoms with Crippen LogP contribution in [0.2, 0.25) is 5.02 Å². The SMILES string of the molecule is COc1ccc(Cl)cc1Cn1cc(Br)ccc1=O. The van der Waals surface area contributed by atoms with Crippen LogP contribution in [0, 0.1) is 0 Å². The van der Waals surface area contributed by atoms with Crippen molar-refractivity contribution in [1.82, 2.24) is 4.57 Å². The number of pyridine rings is 1. The van der Waals surface area contributed by atoms with Crippen LogP contribution in [0.3, 0.4) is 0 Å². The quantitative estimate of drug-likeness (QED) is 0.865. The fraction of sp³-hybridized carbons (Fsp3) is 0.154. The number of hydrogen-bond acceptors (Lipinski definition) is 2. The van der Waals surface area contributed by atoms with E-state index >= 15 is 0 Å². The minimum atomic E-state index is -0.0692. The zero-order chi connectivity index (χ0) is 13.1. The molecule has 0 saturated heterocycles. The molecule has 1 aromatic heterocycles. The summed E-state index contributed by atoms with van der Waals surface area (Å²) in [6.07, 6.45) is 1.74. The summed E-state index contributed by atoms with van der Waals surface area (Å²) in [5.41, 5.74) is 0.797. The zero-order valence-corrected chi connectivity index (χ0v) is 12.0. The van der Waals surface area contributed by atoms with Crippen LogP contribution in [-0.4, -0.2) is 11.7 Å². The highest BCUT2D eigenvalue weighted by Crippen LogP contribution is 2.23. The van der Waals surface area contributed by atoms with E-state index in [-0.39, 0.29) is 5.56 Å². The van der Waals surface area contributed by atoms with E-state index in [1.165, 1.54) is 6.07 Å². The molecule has 0 radical (unpaired) electrons. The van der Waals surface area contributed by atoms with Crippen LogP contribution >= 0.6 is 27.5 Å². The van der Waals surface area contributed by atoms with Gasteiger partial charge in [-0.3, -0.25) is 4.79 Å². The highest BCUT2D eigenvalue weighted by atomic mass is 79.9. The van der Waals surface area contributed by atoms with E-state index in [0.29, 0.717) is 17.3 Å². The van der Waals surface area contributed by atoms with Crippen LogP contribution < -0.4 is 10.3 Å². The van der Waals surface area contributed by atoms with Gasteiger partial charge in [-0.25, -0.2) is 0 Å². The van der Waals surface area contributed by atoms with Crippen molar-refractivity contribution in [2.45, 2.75) is 6.54 Å². The molecule has 0 N–H and O–H groups in total. The number of ether oxygens (including phenoxy) is 1. The van der Waals surface area contributed by atoms with Gasteiger partial charge in [0.15, 0.2) is 0 Å². The van der Waals surface area contributed by atoms with Crippen molar-refractivity contribution in [3.63, 3.8) is 0 Å². The number of halogens is 2. The number of nitrogens with zero attached hydrogens (tertiary/aromatic N) is 1. The molecule has 0 atom stereocenters.